The van der Waals surface area contributed by atoms with Crippen LogP contribution in [0.4, 0.5) is 4.79 Å². The molecule has 1 fully saturated rings. The van der Waals surface area contributed by atoms with Gasteiger partial charge in [-0.1, -0.05) is 19.8 Å². The first-order valence-electron chi connectivity index (χ1n) is 7.64. The molecule has 0 bridgehead atoms. The Hall–Kier alpha value is -2.49. The van der Waals surface area contributed by atoms with Crippen LogP contribution in [0, 0.1) is 18.3 Å². The fraction of sp³-hybridized carbons (Fsp3) is 0.562. The van der Waals surface area contributed by atoms with Gasteiger partial charge in [-0.05, 0) is 18.8 Å². The highest BCUT2D eigenvalue weighted by Gasteiger charge is 2.39. The topological polar surface area (TPSA) is 89.5 Å². The lowest BCUT2D eigenvalue weighted by atomic mass is 10.0. The first kappa shape index (κ1) is 16.9. The Morgan fingerprint density at radius 1 is 1.57 bits per heavy atom. The zero-order chi connectivity index (χ0) is 17.1. The van der Waals surface area contributed by atoms with Gasteiger partial charge in [0.2, 0.25) is 5.91 Å². The number of aromatic amines is 1. The summed E-state index contributed by atoms with van der Waals surface area (Å²) in [6, 6.07) is -0.900. The van der Waals surface area contributed by atoms with E-state index in [4.69, 9.17) is 6.42 Å². The lowest BCUT2D eigenvalue weighted by molar-refractivity contribution is -0.138. The number of carbonyl (C=O) groups is 2. The molecule has 1 aliphatic rings. The average molecular weight is 318 g/mol. The Labute approximate surface area is 135 Å². The number of likely N-dealkylation sites (tertiary alicyclic amines) is 1. The number of likely N-dealkylation sites (N-methyl/N-ethyl adjacent to an activating group) is 1. The van der Waals surface area contributed by atoms with Crippen molar-refractivity contribution in [3.8, 4) is 12.3 Å². The van der Waals surface area contributed by atoms with Crippen LogP contribution in [0.15, 0.2) is 6.20 Å². The molecule has 0 aromatic carbocycles. The molecule has 1 aliphatic heterocycles. The standard InChI is InChI=1S/C16H22N4O3/c1-5-11-9-17-14(18-11)12-7-6-8-20(12)15(21)13(10(2)3)19(4)16(22)23/h1,9-10,12-13H,6-8H2,2-4H3,(H,17,18)(H,22,23)/t12?,13-/m0/s1. The van der Waals surface area contributed by atoms with Gasteiger partial charge in [-0.2, -0.15) is 0 Å². The summed E-state index contributed by atoms with van der Waals surface area (Å²) in [6.45, 7) is 4.28. The monoisotopic (exact) mass is 318 g/mol. The van der Waals surface area contributed by atoms with Crippen molar-refractivity contribution in [3.63, 3.8) is 0 Å². The molecule has 0 radical (unpaired) electrons. The van der Waals surface area contributed by atoms with Gasteiger partial charge in [-0.25, -0.2) is 9.78 Å². The summed E-state index contributed by atoms with van der Waals surface area (Å²) in [5, 5.41) is 9.23. The number of hydrogen-bond donors (Lipinski definition) is 2. The molecule has 7 nitrogen and oxygen atoms in total. The Kier molecular flexibility index (Phi) is 4.94. The zero-order valence-corrected chi connectivity index (χ0v) is 13.6. The van der Waals surface area contributed by atoms with Crippen LogP contribution >= 0.6 is 0 Å². The smallest absolute Gasteiger partial charge is 0.407 e. The normalized spacial score (nSPS) is 18.7. The second-order valence-electron chi connectivity index (χ2n) is 6.10. The lowest BCUT2D eigenvalue weighted by Gasteiger charge is -2.33. The maximum Gasteiger partial charge on any atom is 0.407 e. The van der Waals surface area contributed by atoms with E-state index >= 15 is 0 Å². The van der Waals surface area contributed by atoms with Crippen LogP contribution in [-0.4, -0.2) is 56.5 Å². The molecule has 1 unspecified atom stereocenters. The van der Waals surface area contributed by atoms with Crippen molar-refractivity contribution in [3.05, 3.63) is 17.7 Å². The van der Waals surface area contributed by atoms with Gasteiger partial charge in [0.25, 0.3) is 0 Å². The molecule has 2 heterocycles. The van der Waals surface area contributed by atoms with Crippen molar-refractivity contribution < 1.29 is 14.7 Å². The minimum absolute atomic E-state index is 0.122. The minimum atomic E-state index is -1.11. The third kappa shape index (κ3) is 3.31. The molecule has 2 N–H and O–H groups in total. The van der Waals surface area contributed by atoms with Gasteiger partial charge in [0.15, 0.2) is 0 Å². The summed E-state index contributed by atoms with van der Waals surface area (Å²) >= 11 is 0. The number of nitrogens with zero attached hydrogens (tertiary/aromatic N) is 3. The second-order valence-corrected chi connectivity index (χ2v) is 6.10. The zero-order valence-electron chi connectivity index (χ0n) is 13.6. The molecule has 2 rings (SSSR count). The van der Waals surface area contributed by atoms with E-state index in [0.717, 1.165) is 17.7 Å². The number of hydrogen-bond acceptors (Lipinski definition) is 3. The summed E-state index contributed by atoms with van der Waals surface area (Å²) < 4.78 is 0. The van der Waals surface area contributed by atoms with E-state index in [2.05, 4.69) is 15.9 Å². The van der Waals surface area contributed by atoms with Gasteiger partial charge in [0.1, 0.15) is 17.6 Å². The number of rotatable bonds is 4. The van der Waals surface area contributed by atoms with Crippen molar-refractivity contribution >= 4 is 12.0 Å². The number of aromatic nitrogens is 2. The van der Waals surface area contributed by atoms with Gasteiger partial charge in [0.05, 0.1) is 12.2 Å². The van der Waals surface area contributed by atoms with Crippen molar-refractivity contribution in [2.75, 3.05) is 13.6 Å². The van der Waals surface area contributed by atoms with Gasteiger partial charge in [-0.3, -0.25) is 9.69 Å². The van der Waals surface area contributed by atoms with E-state index in [1.807, 2.05) is 13.8 Å². The van der Waals surface area contributed by atoms with Gasteiger partial charge in [-0.15, -0.1) is 6.42 Å². The largest absolute Gasteiger partial charge is 0.465 e. The van der Waals surface area contributed by atoms with Crippen LogP contribution in [0.25, 0.3) is 0 Å². The highest BCUT2D eigenvalue weighted by atomic mass is 16.4. The Morgan fingerprint density at radius 3 is 2.78 bits per heavy atom. The number of imidazole rings is 1. The van der Waals surface area contributed by atoms with E-state index in [1.165, 1.54) is 7.05 Å². The number of H-pyrrole nitrogens is 1. The average Bonchev–Trinajstić information content (AvgIpc) is 3.15. The Bertz CT molecular complexity index is 632. The summed E-state index contributed by atoms with van der Waals surface area (Å²) in [5.41, 5.74) is 0.572. The molecule has 1 saturated heterocycles. The van der Waals surface area contributed by atoms with Gasteiger partial charge in [0, 0.05) is 13.6 Å². The van der Waals surface area contributed by atoms with E-state index in [0.29, 0.717) is 18.1 Å². The highest BCUT2D eigenvalue weighted by Crippen LogP contribution is 2.32. The fourth-order valence-electron chi connectivity index (χ4n) is 3.08. The SMILES string of the molecule is C#Cc1cnc(C2CCCN2C(=O)[C@H](C(C)C)N(C)C(=O)O)[nH]1. The molecule has 0 aliphatic carbocycles. The van der Waals surface area contributed by atoms with E-state index < -0.39 is 12.1 Å². The van der Waals surface area contributed by atoms with Crippen molar-refractivity contribution in [1.82, 2.24) is 19.8 Å². The Morgan fingerprint density at radius 2 is 2.26 bits per heavy atom. The highest BCUT2D eigenvalue weighted by molar-refractivity contribution is 5.86. The molecule has 7 heteroatoms. The van der Waals surface area contributed by atoms with Crippen LogP contribution in [0.3, 0.4) is 0 Å². The van der Waals surface area contributed by atoms with Crippen LogP contribution < -0.4 is 0 Å². The molecule has 23 heavy (non-hydrogen) atoms. The van der Waals surface area contributed by atoms with Gasteiger partial charge < -0.3 is 15.0 Å². The van der Waals surface area contributed by atoms with E-state index in [1.54, 1.807) is 11.1 Å². The third-order valence-corrected chi connectivity index (χ3v) is 4.21. The van der Waals surface area contributed by atoms with E-state index in [9.17, 15) is 14.7 Å². The molecular weight excluding hydrogens is 296 g/mol. The Balaban J connectivity index is 2.25. The number of carbonyl (C=O) groups excluding carboxylic acids is 1. The maximum atomic E-state index is 12.9. The predicted octanol–water partition coefficient (Wildman–Crippen LogP) is 1.69. The van der Waals surface area contributed by atoms with Crippen molar-refractivity contribution in [1.29, 1.82) is 0 Å². The molecular formula is C16H22N4O3. The number of amides is 2. The fourth-order valence-corrected chi connectivity index (χ4v) is 3.08. The summed E-state index contributed by atoms with van der Waals surface area (Å²) in [4.78, 5) is 34.3. The van der Waals surface area contributed by atoms with Crippen LogP contribution in [0.1, 0.15) is 44.2 Å². The quantitative estimate of drug-likeness (QED) is 0.827. The van der Waals surface area contributed by atoms with Gasteiger partial charge >= 0.3 is 6.09 Å². The summed E-state index contributed by atoms with van der Waals surface area (Å²) in [5.74, 6) is 2.83. The third-order valence-electron chi connectivity index (χ3n) is 4.21. The van der Waals surface area contributed by atoms with Crippen LogP contribution in [-0.2, 0) is 4.79 Å². The van der Waals surface area contributed by atoms with Crippen molar-refractivity contribution in [2.45, 2.75) is 38.8 Å². The molecule has 2 amide bonds. The summed E-state index contributed by atoms with van der Waals surface area (Å²) in [6.07, 6.45) is 7.44. The molecule has 1 aromatic rings. The first-order valence-corrected chi connectivity index (χ1v) is 7.64. The molecule has 2 atom stereocenters. The number of terminal acetylenes is 1. The minimum Gasteiger partial charge on any atom is -0.465 e. The molecule has 0 saturated carbocycles. The number of nitrogens with one attached hydrogen (secondary N) is 1. The first-order chi connectivity index (χ1) is 10.9. The molecule has 0 spiro atoms. The van der Waals surface area contributed by atoms with Crippen LogP contribution in [0.2, 0.25) is 0 Å². The van der Waals surface area contributed by atoms with Crippen LogP contribution in [0.5, 0.6) is 0 Å². The summed E-state index contributed by atoms with van der Waals surface area (Å²) in [7, 11) is 1.43. The number of carboxylic acid groups (broad SMARTS) is 1. The van der Waals surface area contributed by atoms with E-state index in [-0.39, 0.29) is 17.9 Å². The second kappa shape index (κ2) is 6.73. The van der Waals surface area contributed by atoms with Crippen molar-refractivity contribution in [2.24, 2.45) is 5.92 Å². The predicted molar refractivity (Wildman–Crippen MR) is 84.6 cm³/mol. The molecule has 1 aromatic heterocycles. The molecule has 124 valence electrons. The lowest BCUT2D eigenvalue weighted by Crippen LogP contribution is -2.51. The maximum absolute atomic E-state index is 12.9.